The number of nitrogens with two attached hydrogens (primary N) is 1. The van der Waals surface area contributed by atoms with Crippen LogP contribution in [0.15, 0.2) is 47.1 Å². The van der Waals surface area contributed by atoms with Crippen molar-refractivity contribution in [1.29, 1.82) is 0 Å². The average Bonchev–Trinajstić information content (AvgIpc) is 3.20. The van der Waals surface area contributed by atoms with Gasteiger partial charge in [0.25, 0.3) is 0 Å². The van der Waals surface area contributed by atoms with Gasteiger partial charge in [-0.3, -0.25) is 9.79 Å². The number of halogens is 1. The maximum Gasteiger partial charge on any atom is 0.314 e. The van der Waals surface area contributed by atoms with Gasteiger partial charge in [0, 0.05) is 11.8 Å². The van der Waals surface area contributed by atoms with Crippen molar-refractivity contribution in [2.24, 2.45) is 16.1 Å². The lowest BCUT2D eigenvalue weighted by Crippen LogP contribution is -2.22. The van der Waals surface area contributed by atoms with Crippen LogP contribution in [0.3, 0.4) is 0 Å². The standard InChI is InChI=1S/C14H15ClN2O2/c15-12(17-9-10-4-2-1-3-5-10)11(8-16)14(6-7-14)13(18)19/h1-5,8H,6-7,9,16H2,(H,18,19)/b11-8+,17-12?. The van der Waals surface area contributed by atoms with Crippen LogP contribution in [0.5, 0.6) is 0 Å². The molecule has 1 fully saturated rings. The third kappa shape index (κ3) is 2.79. The van der Waals surface area contributed by atoms with Crippen LogP contribution < -0.4 is 5.73 Å². The van der Waals surface area contributed by atoms with E-state index >= 15 is 0 Å². The molecule has 1 aromatic rings. The summed E-state index contributed by atoms with van der Waals surface area (Å²) in [5.41, 5.74) is 6.02. The molecule has 1 aromatic carbocycles. The SMILES string of the molecule is N/C=C(\C(Cl)=NCc1ccccc1)C1(C(=O)O)CC1. The molecule has 0 heterocycles. The van der Waals surface area contributed by atoms with Gasteiger partial charge in [0.05, 0.1) is 12.0 Å². The summed E-state index contributed by atoms with van der Waals surface area (Å²) in [6.45, 7) is 0.409. The maximum atomic E-state index is 11.3. The highest BCUT2D eigenvalue weighted by Gasteiger charge is 2.54. The van der Waals surface area contributed by atoms with E-state index in [4.69, 9.17) is 17.3 Å². The van der Waals surface area contributed by atoms with Crippen LogP contribution in [0.1, 0.15) is 18.4 Å². The third-order valence-electron chi connectivity index (χ3n) is 3.31. The maximum absolute atomic E-state index is 11.3. The van der Waals surface area contributed by atoms with Crippen molar-refractivity contribution < 1.29 is 9.90 Å². The summed E-state index contributed by atoms with van der Waals surface area (Å²) in [6.07, 6.45) is 2.38. The van der Waals surface area contributed by atoms with Gasteiger partial charge in [0.1, 0.15) is 5.17 Å². The fourth-order valence-electron chi connectivity index (χ4n) is 1.98. The van der Waals surface area contributed by atoms with Crippen molar-refractivity contribution in [2.45, 2.75) is 19.4 Å². The molecule has 0 amide bonds. The Labute approximate surface area is 116 Å². The minimum absolute atomic E-state index is 0.186. The molecule has 0 unspecified atom stereocenters. The zero-order valence-corrected chi connectivity index (χ0v) is 11.1. The van der Waals surface area contributed by atoms with E-state index in [0.29, 0.717) is 25.0 Å². The van der Waals surface area contributed by atoms with Crippen molar-refractivity contribution >= 4 is 22.7 Å². The summed E-state index contributed by atoms with van der Waals surface area (Å²) in [5, 5.41) is 9.42. The van der Waals surface area contributed by atoms with E-state index in [2.05, 4.69) is 4.99 Å². The van der Waals surface area contributed by atoms with E-state index in [0.717, 1.165) is 5.56 Å². The molecular weight excluding hydrogens is 264 g/mol. The Morgan fingerprint density at radius 2 is 2.05 bits per heavy atom. The third-order valence-corrected chi connectivity index (χ3v) is 3.63. The number of hydrogen-bond acceptors (Lipinski definition) is 3. The first-order valence-electron chi connectivity index (χ1n) is 6.00. The quantitative estimate of drug-likeness (QED) is 0.813. The zero-order valence-electron chi connectivity index (χ0n) is 10.3. The minimum Gasteiger partial charge on any atom is -0.481 e. The van der Waals surface area contributed by atoms with Gasteiger partial charge in [0.15, 0.2) is 0 Å². The molecule has 1 aliphatic carbocycles. The topological polar surface area (TPSA) is 75.7 Å². The van der Waals surface area contributed by atoms with Crippen molar-refractivity contribution in [3.63, 3.8) is 0 Å². The monoisotopic (exact) mass is 278 g/mol. The van der Waals surface area contributed by atoms with Crippen LogP contribution in [0.4, 0.5) is 0 Å². The van der Waals surface area contributed by atoms with Gasteiger partial charge in [0.2, 0.25) is 0 Å². The molecule has 0 atom stereocenters. The van der Waals surface area contributed by atoms with Gasteiger partial charge in [-0.05, 0) is 18.4 Å². The number of carboxylic acids is 1. The Morgan fingerprint density at radius 1 is 1.42 bits per heavy atom. The van der Waals surface area contributed by atoms with E-state index in [1.54, 1.807) is 0 Å². The van der Waals surface area contributed by atoms with E-state index in [1.807, 2.05) is 30.3 Å². The molecule has 3 N–H and O–H groups in total. The molecule has 0 aliphatic heterocycles. The second-order valence-electron chi connectivity index (χ2n) is 4.56. The lowest BCUT2D eigenvalue weighted by atomic mass is 9.97. The molecule has 0 aromatic heterocycles. The Kier molecular flexibility index (Phi) is 3.90. The molecule has 0 bridgehead atoms. The molecule has 2 rings (SSSR count). The Balaban J connectivity index is 2.14. The molecule has 0 spiro atoms. The fraction of sp³-hybridized carbons (Fsp3) is 0.286. The number of nitrogens with zero attached hydrogens (tertiary/aromatic N) is 1. The van der Waals surface area contributed by atoms with E-state index < -0.39 is 11.4 Å². The number of hydrogen-bond donors (Lipinski definition) is 2. The molecule has 1 saturated carbocycles. The Morgan fingerprint density at radius 3 is 2.53 bits per heavy atom. The van der Waals surface area contributed by atoms with E-state index in [1.165, 1.54) is 6.20 Å². The number of rotatable bonds is 5. The highest BCUT2D eigenvalue weighted by molar-refractivity contribution is 6.70. The highest BCUT2D eigenvalue weighted by Crippen LogP contribution is 2.52. The molecule has 0 saturated heterocycles. The first-order chi connectivity index (χ1) is 9.10. The first-order valence-corrected chi connectivity index (χ1v) is 6.38. The second kappa shape index (κ2) is 5.45. The molecule has 19 heavy (non-hydrogen) atoms. The lowest BCUT2D eigenvalue weighted by Gasteiger charge is -2.12. The fourth-order valence-corrected chi connectivity index (χ4v) is 2.28. The Hall–Kier alpha value is -1.81. The van der Waals surface area contributed by atoms with Crippen LogP contribution in [0.2, 0.25) is 0 Å². The number of aliphatic carboxylic acids is 1. The van der Waals surface area contributed by atoms with Crippen molar-refractivity contribution in [3.05, 3.63) is 47.7 Å². The predicted molar refractivity (Wildman–Crippen MR) is 75.0 cm³/mol. The van der Waals surface area contributed by atoms with Crippen molar-refractivity contribution in [3.8, 4) is 0 Å². The summed E-state index contributed by atoms with van der Waals surface area (Å²) in [7, 11) is 0. The second-order valence-corrected chi connectivity index (χ2v) is 4.92. The summed E-state index contributed by atoms with van der Waals surface area (Å²) in [6, 6.07) is 9.62. The summed E-state index contributed by atoms with van der Waals surface area (Å²) in [4.78, 5) is 15.5. The number of benzene rings is 1. The molecule has 5 heteroatoms. The van der Waals surface area contributed by atoms with Gasteiger partial charge in [-0.2, -0.15) is 0 Å². The normalized spacial score (nSPS) is 18.2. The van der Waals surface area contributed by atoms with Crippen LogP contribution in [0.25, 0.3) is 0 Å². The highest BCUT2D eigenvalue weighted by atomic mass is 35.5. The smallest absolute Gasteiger partial charge is 0.314 e. The van der Waals surface area contributed by atoms with E-state index in [-0.39, 0.29) is 5.17 Å². The molecule has 0 radical (unpaired) electrons. The predicted octanol–water partition coefficient (Wildman–Crippen LogP) is 2.53. The van der Waals surface area contributed by atoms with Gasteiger partial charge >= 0.3 is 5.97 Å². The van der Waals surface area contributed by atoms with Crippen molar-refractivity contribution in [1.82, 2.24) is 0 Å². The van der Waals surface area contributed by atoms with Gasteiger partial charge in [-0.15, -0.1) is 0 Å². The molecule has 4 nitrogen and oxygen atoms in total. The van der Waals surface area contributed by atoms with Crippen molar-refractivity contribution in [2.75, 3.05) is 0 Å². The average molecular weight is 279 g/mol. The minimum atomic E-state index is -0.925. The largest absolute Gasteiger partial charge is 0.481 e. The number of aliphatic imine (C=N–C) groups is 1. The summed E-state index contributed by atoms with van der Waals surface area (Å²) in [5.74, 6) is -0.891. The van der Waals surface area contributed by atoms with Crippen LogP contribution in [-0.4, -0.2) is 16.2 Å². The van der Waals surface area contributed by atoms with Crippen LogP contribution in [0, 0.1) is 5.41 Å². The first kappa shape index (κ1) is 13.6. The molecule has 1 aliphatic rings. The van der Waals surface area contributed by atoms with Crippen LogP contribution >= 0.6 is 11.6 Å². The lowest BCUT2D eigenvalue weighted by molar-refractivity contribution is -0.141. The molecular formula is C14H15ClN2O2. The summed E-state index contributed by atoms with van der Waals surface area (Å²) < 4.78 is 0. The van der Waals surface area contributed by atoms with Gasteiger partial charge < -0.3 is 10.8 Å². The van der Waals surface area contributed by atoms with E-state index in [9.17, 15) is 9.90 Å². The van der Waals surface area contributed by atoms with Gasteiger partial charge in [-0.25, -0.2) is 0 Å². The number of carbonyl (C=O) groups is 1. The zero-order chi connectivity index (χ0) is 13.9. The summed E-state index contributed by atoms with van der Waals surface area (Å²) >= 11 is 6.10. The Bertz CT molecular complexity index is 534. The molecule has 100 valence electrons. The van der Waals surface area contributed by atoms with Gasteiger partial charge in [-0.1, -0.05) is 41.9 Å². The van der Waals surface area contributed by atoms with Crippen LogP contribution in [-0.2, 0) is 11.3 Å². The number of carboxylic acid groups (broad SMARTS) is 1.